The number of aliphatic hydroxyl groups is 7. The van der Waals surface area contributed by atoms with Crippen molar-refractivity contribution in [3.63, 3.8) is 0 Å². The van der Waals surface area contributed by atoms with Crippen LogP contribution < -0.4 is 0 Å². The number of alkyl halides is 1. The lowest BCUT2D eigenvalue weighted by Crippen LogP contribution is -2.48. The van der Waals surface area contributed by atoms with E-state index in [9.17, 15) is 14.0 Å². The summed E-state index contributed by atoms with van der Waals surface area (Å²) in [6.07, 6.45) is -6.75. The molecule has 0 amide bonds. The lowest BCUT2D eigenvalue weighted by atomic mass is 10.1. The van der Waals surface area contributed by atoms with Gasteiger partial charge in [0, 0.05) is 6.42 Å². The molecule has 0 aliphatic carbocycles. The summed E-state index contributed by atoms with van der Waals surface area (Å²) in [7, 11) is 0. The number of carbonyl (C=O) groups is 2. The van der Waals surface area contributed by atoms with Crippen LogP contribution in [0, 0.1) is 0 Å². The first kappa shape index (κ1) is 21.3. The molecule has 0 spiro atoms. The number of halogens is 1. The predicted molar refractivity (Wildman–Crippen MR) is 61.0 cm³/mol. The highest BCUT2D eigenvalue weighted by Crippen LogP contribution is 2.12. The van der Waals surface area contributed by atoms with E-state index in [1.807, 2.05) is 0 Å². The molecule has 0 radical (unpaired) electrons. The molecule has 0 fully saturated rings. The van der Waals surface area contributed by atoms with Crippen LogP contribution in [0.1, 0.15) is 6.42 Å². The molecule has 0 aromatic rings. The minimum Gasteiger partial charge on any atom is -0.394 e. The summed E-state index contributed by atoms with van der Waals surface area (Å²) >= 11 is 0. The van der Waals surface area contributed by atoms with Crippen molar-refractivity contribution in [2.24, 2.45) is 0 Å². The van der Waals surface area contributed by atoms with E-state index < -0.39 is 49.8 Å². The van der Waals surface area contributed by atoms with Gasteiger partial charge >= 0.3 is 0 Å². The van der Waals surface area contributed by atoms with Crippen LogP contribution in [0.2, 0.25) is 0 Å². The van der Waals surface area contributed by atoms with Crippen molar-refractivity contribution in [1.82, 2.24) is 0 Å². The Bertz CT molecular complexity index is 273. The molecule has 20 heavy (non-hydrogen) atoms. The van der Waals surface area contributed by atoms with Crippen LogP contribution in [-0.4, -0.2) is 91.8 Å². The first-order valence-corrected chi connectivity index (χ1v) is 5.43. The molecule has 0 heterocycles. The number of hydrogen-bond donors (Lipinski definition) is 7. The molecule has 0 bridgehead atoms. The monoisotopic (exact) mass is 302 g/mol. The van der Waals surface area contributed by atoms with Crippen LogP contribution >= 0.6 is 0 Å². The second kappa shape index (κ2) is 10.7. The molecule has 120 valence electrons. The van der Waals surface area contributed by atoms with Gasteiger partial charge in [0.15, 0.2) is 6.29 Å². The van der Waals surface area contributed by atoms with E-state index in [4.69, 9.17) is 35.7 Å². The van der Waals surface area contributed by atoms with Crippen LogP contribution in [0.25, 0.3) is 0 Å². The maximum absolute atomic E-state index is 12.3. The van der Waals surface area contributed by atoms with Crippen molar-refractivity contribution in [1.29, 1.82) is 0 Å². The second-order valence-corrected chi connectivity index (χ2v) is 3.76. The van der Waals surface area contributed by atoms with Gasteiger partial charge < -0.3 is 40.5 Å². The SMILES string of the molecule is O=CCC(O)C(O)CO.O=C[C@@](O)(F)C(O)C(O)CO. The fourth-order valence-corrected chi connectivity index (χ4v) is 0.817. The Hall–Kier alpha value is -1.01. The van der Waals surface area contributed by atoms with Gasteiger partial charge in [0.2, 0.25) is 0 Å². The molecule has 0 aliphatic rings. The molecular formula is C10H19FO9. The van der Waals surface area contributed by atoms with E-state index in [0.717, 1.165) is 0 Å². The maximum atomic E-state index is 12.3. The highest BCUT2D eigenvalue weighted by atomic mass is 19.2. The third-order valence-corrected chi connectivity index (χ3v) is 2.10. The third kappa shape index (κ3) is 8.22. The van der Waals surface area contributed by atoms with Gasteiger partial charge in [0.05, 0.1) is 19.3 Å². The first-order chi connectivity index (χ1) is 9.17. The molecule has 0 saturated carbocycles. The van der Waals surface area contributed by atoms with Gasteiger partial charge in [-0.3, -0.25) is 4.79 Å². The fraction of sp³-hybridized carbons (Fsp3) is 0.800. The van der Waals surface area contributed by atoms with E-state index in [1.165, 1.54) is 0 Å². The van der Waals surface area contributed by atoms with E-state index >= 15 is 0 Å². The number of aliphatic hydroxyl groups excluding tert-OH is 6. The van der Waals surface area contributed by atoms with Crippen molar-refractivity contribution < 1.29 is 49.7 Å². The summed E-state index contributed by atoms with van der Waals surface area (Å²) < 4.78 is 12.3. The molecule has 7 N–H and O–H groups in total. The smallest absolute Gasteiger partial charge is 0.291 e. The van der Waals surface area contributed by atoms with Crippen molar-refractivity contribution in [3.8, 4) is 0 Å². The normalized spacial score (nSPS) is 19.6. The van der Waals surface area contributed by atoms with Crippen molar-refractivity contribution in [2.45, 2.75) is 36.7 Å². The number of carbonyl (C=O) groups excluding carboxylic acids is 2. The number of rotatable bonds is 8. The summed E-state index contributed by atoms with van der Waals surface area (Å²) in [5, 5.41) is 59.1. The Kier molecular flexibility index (Phi) is 11.4. The van der Waals surface area contributed by atoms with Gasteiger partial charge in [-0.2, -0.15) is 0 Å². The van der Waals surface area contributed by atoms with Crippen LogP contribution in [0.4, 0.5) is 4.39 Å². The maximum Gasteiger partial charge on any atom is 0.291 e. The summed E-state index contributed by atoms with van der Waals surface area (Å²) in [5.74, 6) is -3.51. The molecule has 0 rings (SSSR count). The summed E-state index contributed by atoms with van der Waals surface area (Å²) in [6, 6.07) is 0. The Labute approximate surface area is 113 Å². The van der Waals surface area contributed by atoms with Crippen LogP contribution in [0.15, 0.2) is 0 Å². The van der Waals surface area contributed by atoms with Crippen LogP contribution in [-0.2, 0) is 9.59 Å². The Balaban J connectivity index is 0. The van der Waals surface area contributed by atoms with Gasteiger partial charge in [-0.15, -0.1) is 0 Å². The van der Waals surface area contributed by atoms with Gasteiger partial charge in [-0.25, -0.2) is 4.39 Å². The first-order valence-electron chi connectivity index (χ1n) is 5.43. The molecule has 5 atom stereocenters. The largest absolute Gasteiger partial charge is 0.394 e. The van der Waals surface area contributed by atoms with Crippen molar-refractivity contribution in [2.75, 3.05) is 13.2 Å². The van der Waals surface area contributed by atoms with E-state index in [2.05, 4.69) is 0 Å². The zero-order chi connectivity index (χ0) is 16.3. The molecule has 9 nitrogen and oxygen atoms in total. The van der Waals surface area contributed by atoms with Gasteiger partial charge in [-0.05, 0) is 0 Å². The van der Waals surface area contributed by atoms with Gasteiger partial charge in [-0.1, -0.05) is 0 Å². The summed E-state index contributed by atoms with van der Waals surface area (Å²) in [4.78, 5) is 19.4. The minimum absolute atomic E-state index is 0.137. The van der Waals surface area contributed by atoms with E-state index in [0.29, 0.717) is 6.29 Å². The average molecular weight is 302 g/mol. The summed E-state index contributed by atoms with van der Waals surface area (Å²) in [6.45, 7) is -1.46. The third-order valence-electron chi connectivity index (χ3n) is 2.10. The highest BCUT2D eigenvalue weighted by molar-refractivity contribution is 5.60. The molecule has 0 aliphatic heterocycles. The average Bonchev–Trinajstić information content (AvgIpc) is 2.45. The molecule has 0 aromatic carbocycles. The molecule has 0 saturated heterocycles. The van der Waals surface area contributed by atoms with Crippen LogP contribution in [0.3, 0.4) is 0 Å². The highest BCUT2D eigenvalue weighted by Gasteiger charge is 2.39. The molecule has 4 unspecified atom stereocenters. The van der Waals surface area contributed by atoms with Gasteiger partial charge in [0.1, 0.15) is 24.6 Å². The standard InChI is InChI=1S/C5H9FO5.C5H10O4/c6-5(11,2-8)4(10)3(9)1-7;6-2-1-4(8)5(9)3-7/h2-4,7,9-11H,1H2;2,4-5,7-9H,1,3H2/t3?,4?,5-;/m0./s1. The Morgan fingerprint density at radius 3 is 1.70 bits per heavy atom. The van der Waals surface area contributed by atoms with Crippen molar-refractivity contribution >= 4 is 12.6 Å². The second-order valence-electron chi connectivity index (χ2n) is 3.76. The number of hydrogen-bond acceptors (Lipinski definition) is 9. The van der Waals surface area contributed by atoms with Crippen LogP contribution in [0.5, 0.6) is 0 Å². The minimum atomic E-state index is -3.51. The topological polar surface area (TPSA) is 176 Å². The lowest BCUT2D eigenvalue weighted by Gasteiger charge is -2.22. The zero-order valence-corrected chi connectivity index (χ0v) is 10.4. The zero-order valence-electron chi connectivity index (χ0n) is 10.4. The quantitative estimate of drug-likeness (QED) is 0.219. The fourth-order valence-electron chi connectivity index (χ4n) is 0.817. The van der Waals surface area contributed by atoms with Crippen molar-refractivity contribution in [3.05, 3.63) is 0 Å². The van der Waals surface area contributed by atoms with E-state index in [-0.39, 0.29) is 6.42 Å². The Morgan fingerprint density at radius 1 is 0.950 bits per heavy atom. The predicted octanol–water partition coefficient (Wildman–Crippen LogP) is -4.15. The Morgan fingerprint density at radius 2 is 1.40 bits per heavy atom. The lowest BCUT2D eigenvalue weighted by molar-refractivity contribution is -0.195. The van der Waals surface area contributed by atoms with Gasteiger partial charge in [0.25, 0.3) is 5.85 Å². The number of aldehydes is 2. The molecule has 0 aromatic heterocycles. The van der Waals surface area contributed by atoms with E-state index in [1.54, 1.807) is 0 Å². The molecule has 10 heteroatoms. The summed E-state index contributed by atoms with van der Waals surface area (Å²) in [5.41, 5.74) is 0. The molecular weight excluding hydrogens is 283 g/mol.